The van der Waals surface area contributed by atoms with E-state index in [-0.39, 0.29) is 0 Å². The van der Waals surface area contributed by atoms with Gasteiger partial charge >= 0.3 is 0 Å². The molecule has 0 bridgehead atoms. The Labute approximate surface area is 113 Å². The van der Waals surface area contributed by atoms with E-state index in [0.29, 0.717) is 23.9 Å². The zero-order valence-corrected chi connectivity index (χ0v) is 12.7. The number of aryl methyl sites for hydroxylation is 2. The fourth-order valence-electron chi connectivity index (χ4n) is 2.47. The lowest BCUT2D eigenvalue weighted by Crippen LogP contribution is -2.30. The summed E-state index contributed by atoms with van der Waals surface area (Å²) in [5.74, 6) is 0.435. The van der Waals surface area contributed by atoms with Gasteiger partial charge in [0.1, 0.15) is 0 Å². The molecule has 102 valence electrons. The quantitative estimate of drug-likeness (QED) is 0.915. The van der Waals surface area contributed by atoms with Crippen LogP contribution in [0.2, 0.25) is 0 Å². The van der Waals surface area contributed by atoms with Crippen molar-refractivity contribution in [1.29, 1.82) is 0 Å². The Hall–Kier alpha value is -0.430. The molecule has 4 nitrogen and oxygen atoms in total. The maximum absolute atomic E-state index is 12.5. The summed E-state index contributed by atoms with van der Waals surface area (Å²) in [6, 6.07) is 1.79. The van der Waals surface area contributed by atoms with Crippen molar-refractivity contribution in [2.24, 2.45) is 5.92 Å². The third-order valence-electron chi connectivity index (χ3n) is 3.35. The van der Waals surface area contributed by atoms with E-state index in [2.05, 4.69) is 5.32 Å². The molecule has 1 aliphatic heterocycles. The second-order valence-electron chi connectivity index (χ2n) is 4.85. The maximum Gasteiger partial charge on any atom is 0.244 e. The van der Waals surface area contributed by atoms with Crippen molar-refractivity contribution in [3.8, 4) is 0 Å². The molecule has 1 aromatic heterocycles. The van der Waals surface area contributed by atoms with Gasteiger partial charge in [0.2, 0.25) is 10.0 Å². The molecule has 1 N–H and O–H groups in total. The van der Waals surface area contributed by atoms with Gasteiger partial charge in [-0.1, -0.05) is 0 Å². The van der Waals surface area contributed by atoms with Gasteiger partial charge in [0.05, 0.1) is 4.90 Å². The van der Waals surface area contributed by atoms with Gasteiger partial charge in [-0.25, -0.2) is 8.42 Å². The van der Waals surface area contributed by atoms with E-state index in [1.54, 1.807) is 21.7 Å². The minimum absolute atomic E-state index is 0.435. The van der Waals surface area contributed by atoms with Crippen molar-refractivity contribution in [3.63, 3.8) is 0 Å². The normalized spacial score (nSPS) is 21.6. The summed E-state index contributed by atoms with van der Waals surface area (Å²) in [4.78, 5) is 2.44. The van der Waals surface area contributed by atoms with Crippen LogP contribution >= 0.6 is 11.3 Å². The summed E-state index contributed by atoms with van der Waals surface area (Å²) in [5, 5.41) is 3.12. The molecular weight excluding hydrogens is 268 g/mol. The van der Waals surface area contributed by atoms with Crippen molar-refractivity contribution in [2.75, 3.05) is 26.7 Å². The van der Waals surface area contributed by atoms with E-state index >= 15 is 0 Å². The Bertz CT molecular complexity index is 522. The maximum atomic E-state index is 12.5. The fourth-order valence-corrected chi connectivity index (χ4v) is 5.53. The summed E-state index contributed by atoms with van der Waals surface area (Å²) in [5.41, 5.74) is 0. The molecule has 1 aliphatic rings. The van der Waals surface area contributed by atoms with Crippen LogP contribution in [0.5, 0.6) is 0 Å². The van der Waals surface area contributed by atoms with Crippen LogP contribution in [0.25, 0.3) is 0 Å². The molecule has 0 saturated carbocycles. The molecular formula is C12H20N2O2S2. The predicted octanol–water partition coefficient (Wildman–Crippen LogP) is 1.59. The van der Waals surface area contributed by atoms with Crippen LogP contribution in [0.3, 0.4) is 0 Å². The molecule has 0 radical (unpaired) electrons. The largest absolute Gasteiger partial charge is 0.319 e. The molecule has 1 atom stereocenters. The van der Waals surface area contributed by atoms with Gasteiger partial charge in [0, 0.05) is 22.8 Å². The van der Waals surface area contributed by atoms with E-state index in [1.807, 2.05) is 20.9 Å². The number of sulfonamides is 1. The number of thiophene rings is 1. The van der Waals surface area contributed by atoms with Gasteiger partial charge in [-0.05, 0) is 45.8 Å². The van der Waals surface area contributed by atoms with Gasteiger partial charge in [-0.3, -0.25) is 0 Å². The topological polar surface area (TPSA) is 49.4 Å². The first-order valence-electron chi connectivity index (χ1n) is 6.17. The number of rotatable bonds is 4. The van der Waals surface area contributed by atoms with Crippen molar-refractivity contribution in [1.82, 2.24) is 9.62 Å². The average Bonchev–Trinajstić information content (AvgIpc) is 2.86. The number of hydrogen-bond acceptors (Lipinski definition) is 4. The Morgan fingerprint density at radius 2 is 2.22 bits per heavy atom. The van der Waals surface area contributed by atoms with E-state index < -0.39 is 10.0 Å². The summed E-state index contributed by atoms with van der Waals surface area (Å²) in [6.45, 7) is 5.99. The first-order valence-corrected chi connectivity index (χ1v) is 8.42. The second kappa shape index (κ2) is 5.28. The molecule has 0 spiro atoms. The fraction of sp³-hybridized carbons (Fsp3) is 0.667. The second-order valence-corrected chi connectivity index (χ2v) is 8.22. The van der Waals surface area contributed by atoms with Crippen molar-refractivity contribution in [3.05, 3.63) is 15.8 Å². The van der Waals surface area contributed by atoms with E-state index in [9.17, 15) is 8.42 Å². The Morgan fingerprint density at radius 1 is 1.50 bits per heavy atom. The van der Waals surface area contributed by atoms with Gasteiger partial charge in [-0.15, -0.1) is 11.3 Å². The summed E-state index contributed by atoms with van der Waals surface area (Å²) in [7, 11) is -1.38. The van der Waals surface area contributed by atoms with Crippen molar-refractivity contribution in [2.45, 2.75) is 25.2 Å². The first kappa shape index (κ1) is 14.0. The highest BCUT2D eigenvalue weighted by Crippen LogP contribution is 2.30. The Morgan fingerprint density at radius 3 is 2.78 bits per heavy atom. The molecule has 2 heterocycles. The van der Waals surface area contributed by atoms with Gasteiger partial charge < -0.3 is 5.32 Å². The monoisotopic (exact) mass is 288 g/mol. The predicted molar refractivity (Wildman–Crippen MR) is 74.6 cm³/mol. The highest BCUT2D eigenvalue weighted by molar-refractivity contribution is 7.89. The van der Waals surface area contributed by atoms with E-state index in [4.69, 9.17) is 0 Å². The lowest BCUT2D eigenvalue weighted by molar-refractivity contribution is 0.451. The SMILES string of the molecule is CNC[C@H]1CCN(S(=O)(=O)c2cc(C)sc2C)C1. The molecule has 1 fully saturated rings. The minimum Gasteiger partial charge on any atom is -0.319 e. The van der Waals surface area contributed by atoms with Crippen LogP contribution in [0, 0.1) is 19.8 Å². The molecule has 18 heavy (non-hydrogen) atoms. The zero-order chi connectivity index (χ0) is 13.3. The van der Waals surface area contributed by atoms with Crippen LogP contribution in [0.15, 0.2) is 11.0 Å². The molecule has 2 rings (SSSR count). The molecule has 0 unspecified atom stereocenters. The zero-order valence-electron chi connectivity index (χ0n) is 11.1. The lowest BCUT2D eigenvalue weighted by atomic mass is 10.1. The summed E-state index contributed by atoms with van der Waals surface area (Å²) < 4.78 is 26.7. The molecule has 0 aliphatic carbocycles. The van der Waals surface area contributed by atoms with Crippen LogP contribution in [0.1, 0.15) is 16.2 Å². The van der Waals surface area contributed by atoms with Gasteiger partial charge in [0.25, 0.3) is 0 Å². The number of hydrogen-bond donors (Lipinski definition) is 1. The molecule has 0 amide bonds. The lowest BCUT2D eigenvalue weighted by Gasteiger charge is -2.16. The van der Waals surface area contributed by atoms with Crippen LogP contribution in [0.4, 0.5) is 0 Å². The first-order chi connectivity index (χ1) is 8.45. The van der Waals surface area contributed by atoms with Crippen molar-refractivity contribution < 1.29 is 8.42 Å². The molecule has 1 aromatic rings. The standard InChI is InChI=1S/C12H20N2O2S2/c1-9-6-12(10(2)17-9)18(15,16)14-5-4-11(8-14)7-13-3/h6,11,13H,4-5,7-8H2,1-3H3/t11-/m1/s1. The average molecular weight is 288 g/mol. The number of nitrogens with zero attached hydrogens (tertiary/aromatic N) is 1. The van der Waals surface area contributed by atoms with E-state index in [0.717, 1.165) is 22.7 Å². The van der Waals surface area contributed by atoms with Gasteiger partial charge in [-0.2, -0.15) is 4.31 Å². The smallest absolute Gasteiger partial charge is 0.244 e. The highest BCUT2D eigenvalue weighted by atomic mass is 32.2. The Balaban J connectivity index is 2.20. The van der Waals surface area contributed by atoms with Gasteiger partial charge in [0.15, 0.2) is 0 Å². The third kappa shape index (κ3) is 2.61. The molecule has 6 heteroatoms. The van der Waals surface area contributed by atoms with Crippen LogP contribution in [-0.2, 0) is 10.0 Å². The van der Waals surface area contributed by atoms with Crippen LogP contribution in [-0.4, -0.2) is 39.4 Å². The molecule has 1 saturated heterocycles. The number of nitrogens with one attached hydrogen (secondary N) is 1. The van der Waals surface area contributed by atoms with Crippen LogP contribution < -0.4 is 5.32 Å². The minimum atomic E-state index is -3.28. The van der Waals surface area contributed by atoms with E-state index in [1.165, 1.54) is 0 Å². The van der Waals surface area contributed by atoms with Crippen molar-refractivity contribution >= 4 is 21.4 Å². The summed E-state index contributed by atoms with van der Waals surface area (Å²) in [6.07, 6.45) is 0.947. The molecule has 0 aromatic carbocycles. The third-order valence-corrected chi connectivity index (χ3v) is 6.44. The summed E-state index contributed by atoms with van der Waals surface area (Å²) >= 11 is 1.55. The highest BCUT2D eigenvalue weighted by Gasteiger charge is 2.33. The Kier molecular flexibility index (Phi) is 4.11.